The summed E-state index contributed by atoms with van der Waals surface area (Å²) in [5.74, 6) is 0.797. The first-order valence-electron chi connectivity index (χ1n) is 13.1. The molecule has 2 fully saturated rings. The highest BCUT2D eigenvalue weighted by atomic mass is 16.6. The Morgan fingerprint density at radius 2 is 1.42 bits per heavy atom. The second kappa shape index (κ2) is 17.2. The van der Waals surface area contributed by atoms with Crippen molar-refractivity contribution in [1.29, 1.82) is 0 Å². The highest BCUT2D eigenvalue weighted by molar-refractivity contribution is 5.73. The smallest absolute Gasteiger partial charge is 0.410 e. The van der Waals surface area contributed by atoms with Crippen LogP contribution < -0.4 is 0 Å². The van der Waals surface area contributed by atoms with Crippen LogP contribution in [0, 0.1) is 5.92 Å². The Morgan fingerprint density at radius 3 is 1.82 bits per heavy atom. The minimum atomic E-state index is -0.460. The lowest BCUT2D eigenvalue weighted by molar-refractivity contribution is -0.132. The topological polar surface area (TPSA) is 53.1 Å². The number of hydrogen-bond donors (Lipinski definition) is 0. The molecule has 0 aromatic heterocycles. The molecule has 2 aliphatic rings. The maximum Gasteiger partial charge on any atom is 0.410 e. The van der Waals surface area contributed by atoms with Crippen molar-refractivity contribution in [1.82, 2.24) is 14.7 Å². The predicted octanol–water partition coefficient (Wildman–Crippen LogP) is 6.43. The van der Waals surface area contributed by atoms with Gasteiger partial charge in [-0.25, -0.2) is 4.79 Å². The fourth-order valence-corrected chi connectivity index (χ4v) is 4.55. The van der Waals surface area contributed by atoms with Gasteiger partial charge in [0, 0.05) is 51.7 Å². The van der Waals surface area contributed by atoms with E-state index in [9.17, 15) is 9.59 Å². The molecule has 0 aromatic carbocycles. The van der Waals surface area contributed by atoms with Gasteiger partial charge in [-0.2, -0.15) is 0 Å². The molecule has 1 aliphatic carbocycles. The van der Waals surface area contributed by atoms with E-state index in [1.54, 1.807) is 6.92 Å². The van der Waals surface area contributed by atoms with E-state index >= 15 is 0 Å². The number of carbonyl (C=O) groups is 2. The molecule has 198 valence electrons. The first-order valence-corrected chi connectivity index (χ1v) is 13.1. The van der Waals surface area contributed by atoms with Crippen LogP contribution in [-0.2, 0) is 9.53 Å². The molecular weight excluding hydrogens is 414 g/mol. The molecule has 1 saturated heterocycles. The van der Waals surface area contributed by atoms with Crippen molar-refractivity contribution in [2.45, 2.75) is 126 Å². The molecule has 0 aromatic rings. The Hall–Kier alpha value is -1.30. The van der Waals surface area contributed by atoms with Crippen LogP contribution in [0.1, 0.15) is 109 Å². The molecule has 33 heavy (non-hydrogen) atoms. The summed E-state index contributed by atoms with van der Waals surface area (Å²) < 4.78 is 5.53. The molecule has 0 radical (unpaired) electrons. The van der Waals surface area contributed by atoms with E-state index in [4.69, 9.17) is 4.74 Å². The average molecular weight is 472 g/mol. The number of amides is 2. The van der Waals surface area contributed by atoms with Crippen LogP contribution in [0.15, 0.2) is 0 Å². The number of hydrogen-bond acceptors (Lipinski definition) is 4. The molecule has 0 bridgehead atoms. The van der Waals surface area contributed by atoms with Gasteiger partial charge in [-0.15, -0.1) is 0 Å². The van der Waals surface area contributed by atoms with Gasteiger partial charge in [-0.3, -0.25) is 9.69 Å². The minimum absolute atomic E-state index is 0. The summed E-state index contributed by atoms with van der Waals surface area (Å²) in [4.78, 5) is 30.9. The Bertz CT molecular complexity index is 517. The van der Waals surface area contributed by atoms with Gasteiger partial charge in [0.15, 0.2) is 0 Å². The van der Waals surface area contributed by atoms with E-state index < -0.39 is 5.60 Å². The fraction of sp³-hybridized carbons (Fsp3) is 0.926. The SMILES string of the molecule is C.CC.CC.CC(=O)N(CC(C1CCCCC1)N1CCN(C(=O)OC(C)(C)C)CC1)C(C)C. The number of piperazine rings is 1. The van der Waals surface area contributed by atoms with Crippen molar-refractivity contribution < 1.29 is 14.3 Å². The maximum absolute atomic E-state index is 12.4. The summed E-state index contributed by atoms with van der Waals surface area (Å²) in [5, 5.41) is 0. The van der Waals surface area contributed by atoms with Gasteiger partial charge in [0.05, 0.1) is 0 Å². The van der Waals surface area contributed by atoms with Crippen LogP contribution in [0.2, 0.25) is 0 Å². The second-order valence-electron chi connectivity index (χ2n) is 9.73. The van der Waals surface area contributed by atoms with Gasteiger partial charge >= 0.3 is 6.09 Å². The zero-order valence-corrected chi connectivity index (χ0v) is 22.9. The van der Waals surface area contributed by atoms with Gasteiger partial charge in [0.25, 0.3) is 0 Å². The van der Waals surface area contributed by atoms with E-state index in [-0.39, 0.29) is 25.5 Å². The average Bonchev–Trinajstić information content (AvgIpc) is 2.76. The van der Waals surface area contributed by atoms with Crippen LogP contribution in [-0.4, -0.2) is 77.1 Å². The lowest BCUT2D eigenvalue weighted by Crippen LogP contribution is -2.58. The van der Waals surface area contributed by atoms with Crippen molar-refractivity contribution >= 4 is 12.0 Å². The quantitative estimate of drug-likeness (QED) is 0.463. The first-order chi connectivity index (χ1) is 15.1. The van der Waals surface area contributed by atoms with Crippen LogP contribution in [0.3, 0.4) is 0 Å². The van der Waals surface area contributed by atoms with Crippen molar-refractivity contribution in [2.24, 2.45) is 5.92 Å². The summed E-state index contributed by atoms with van der Waals surface area (Å²) in [7, 11) is 0. The molecule has 1 aliphatic heterocycles. The Kier molecular flexibility index (Phi) is 17.6. The molecule has 1 atom stereocenters. The predicted molar refractivity (Wildman–Crippen MR) is 142 cm³/mol. The van der Waals surface area contributed by atoms with Gasteiger partial charge in [-0.05, 0) is 53.4 Å². The number of rotatable bonds is 5. The van der Waals surface area contributed by atoms with Gasteiger partial charge in [-0.1, -0.05) is 54.4 Å². The molecule has 1 unspecified atom stereocenters. The zero-order chi connectivity index (χ0) is 24.9. The molecule has 0 spiro atoms. The van der Waals surface area contributed by atoms with Gasteiger partial charge < -0.3 is 14.5 Å². The second-order valence-corrected chi connectivity index (χ2v) is 9.73. The van der Waals surface area contributed by atoms with Crippen molar-refractivity contribution in [3.05, 3.63) is 0 Å². The van der Waals surface area contributed by atoms with Crippen LogP contribution in [0.5, 0.6) is 0 Å². The molecule has 6 heteroatoms. The van der Waals surface area contributed by atoms with E-state index in [0.717, 1.165) is 19.6 Å². The molecule has 2 amide bonds. The highest BCUT2D eigenvalue weighted by Gasteiger charge is 2.35. The third-order valence-corrected chi connectivity index (χ3v) is 6.04. The molecule has 0 N–H and O–H groups in total. The van der Waals surface area contributed by atoms with Crippen molar-refractivity contribution in [3.8, 4) is 0 Å². The number of nitrogens with zero attached hydrogens (tertiary/aromatic N) is 3. The lowest BCUT2D eigenvalue weighted by atomic mass is 9.82. The molecule has 6 nitrogen and oxygen atoms in total. The first kappa shape index (κ1) is 33.9. The summed E-state index contributed by atoms with van der Waals surface area (Å²) in [5.41, 5.74) is -0.460. The summed E-state index contributed by atoms with van der Waals surface area (Å²) >= 11 is 0. The monoisotopic (exact) mass is 471 g/mol. The number of carbonyl (C=O) groups excluding carboxylic acids is 2. The summed E-state index contributed by atoms with van der Waals surface area (Å²) in [6.07, 6.45) is 6.20. The van der Waals surface area contributed by atoms with E-state index in [1.165, 1.54) is 32.1 Å². The number of ether oxygens (including phenoxy) is 1. The summed E-state index contributed by atoms with van der Waals surface area (Å²) in [6.45, 7) is 23.5. The minimum Gasteiger partial charge on any atom is -0.444 e. The Morgan fingerprint density at radius 1 is 0.939 bits per heavy atom. The third kappa shape index (κ3) is 12.1. The lowest BCUT2D eigenvalue weighted by Gasteiger charge is -2.45. The highest BCUT2D eigenvalue weighted by Crippen LogP contribution is 2.30. The zero-order valence-electron chi connectivity index (χ0n) is 22.9. The van der Waals surface area contributed by atoms with Crippen molar-refractivity contribution in [2.75, 3.05) is 32.7 Å². The molecule has 2 rings (SSSR count). The van der Waals surface area contributed by atoms with Crippen molar-refractivity contribution in [3.63, 3.8) is 0 Å². The van der Waals surface area contributed by atoms with Crippen LogP contribution >= 0.6 is 0 Å². The molecular formula is C27H57N3O3. The Balaban J connectivity index is 0. The van der Waals surface area contributed by atoms with Crippen LogP contribution in [0.4, 0.5) is 4.79 Å². The normalized spacial score (nSPS) is 18.1. The fourth-order valence-electron chi connectivity index (χ4n) is 4.55. The van der Waals surface area contributed by atoms with E-state index in [2.05, 4.69) is 18.7 Å². The Labute approximate surface area is 206 Å². The molecule has 1 saturated carbocycles. The van der Waals surface area contributed by atoms with E-state index in [0.29, 0.717) is 25.0 Å². The molecule has 1 heterocycles. The van der Waals surface area contributed by atoms with Gasteiger partial charge in [0.1, 0.15) is 5.60 Å². The van der Waals surface area contributed by atoms with E-state index in [1.807, 2.05) is 58.3 Å². The standard InChI is InChI=1S/C22H41N3O3.2C2H6.CH4/c1-17(2)25(18(3)26)16-20(19-10-8-7-9-11-19)23-12-14-24(15-13-23)21(27)28-22(4,5)6;2*1-2;/h17,19-20H,7-16H2,1-6H3;2*1-2H3;1H4. The maximum atomic E-state index is 12.4. The largest absolute Gasteiger partial charge is 0.444 e. The summed E-state index contributed by atoms with van der Waals surface area (Å²) in [6, 6.07) is 0.596. The van der Waals surface area contributed by atoms with Gasteiger partial charge in [0.2, 0.25) is 5.91 Å². The third-order valence-electron chi connectivity index (χ3n) is 6.04. The van der Waals surface area contributed by atoms with Crippen LogP contribution in [0.25, 0.3) is 0 Å².